The van der Waals surface area contributed by atoms with Crippen LogP contribution in [0.1, 0.15) is 19.3 Å². The van der Waals surface area contributed by atoms with Crippen molar-refractivity contribution < 1.29 is 98.5 Å². The molecule has 1 aliphatic rings. The molecule has 1 rings (SSSR count). The predicted octanol–water partition coefficient (Wildman–Crippen LogP) is -5.47. The van der Waals surface area contributed by atoms with Crippen LogP contribution in [0.25, 0.3) is 5.32 Å². The Morgan fingerprint density at radius 2 is 1.00 bits per heavy atom. The molecule has 16 heteroatoms. The molecule has 3 unspecified atom stereocenters. The van der Waals surface area contributed by atoms with Gasteiger partial charge < -0.3 is 53.2 Å². The summed E-state index contributed by atoms with van der Waals surface area (Å²) >= 11 is 0. The Bertz CT molecular complexity index is 328. The minimum atomic E-state index is -4.82. The Morgan fingerprint density at radius 3 is 1.39 bits per heavy atom. The molecule has 1 saturated heterocycles. The van der Waals surface area contributed by atoms with Crippen LogP contribution in [-0.4, -0.2) is 56.3 Å². The first-order valence-electron chi connectivity index (χ1n) is 7.15. The molecule has 2 N–H and O–H groups in total. The van der Waals surface area contributed by atoms with Crippen LogP contribution in [0.3, 0.4) is 0 Å². The van der Waals surface area contributed by atoms with Crippen molar-refractivity contribution in [1.29, 1.82) is 0 Å². The van der Waals surface area contributed by atoms with E-state index in [9.17, 15) is 39.5 Å². The molecule has 3 atom stereocenters. The van der Waals surface area contributed by atoms with Crippen LogP contribution in [0.4, 0.5) is 39.5 Å². The van der Waals surface area contributed by atoms with Gasteiger partial charge in [-0.1, -0.05) is 0 Å². The third-order valence-corrected chi connectivity index (χ3v) is 3.57. The second kappa shape index (κ2) is 14.8. The predicted molar refractivity (Wildman–Crippen MR) is 67.6 cm³/mol. The second-order valence-electron chi connectivity index (χ2n) is 5.43. The van der Waals surface area contributed by atoms with E-state index in [0.717, 1.165) is 0 Å². The molecule has 1 heterocycles. The third-order valence-electron chi connectivity index (χ3n) is 3.57. The van der Waals surface area contributed by atoms with Crippen LogP contribution in [0, 0.1) is 0 Å². The Labute approximate surface area is 189 Å². The van der Waals surface area contributed by atoms with Crippen molar-refractivity contribution in [3.05, 3.63) is 5.32 Å². The second-order valence-corrected chi connectivity index (χ2v) is 5.43. The zero-order valence-electron chi connectivity index (χ0n) is 14.0. The number of nitrogens with one attached hydrogen (secondary N) is 2. The first kappa shape index (κ1) is 36.2. The molecule has 0 saturated carbocycles. The molecule has 28 heavy (non-hydrogen) atoms. The van der Waals surface area contributed by atoms with E-state index in [1.807, 2.05) is 10.6 Å². The van der Waals surface area contributed by atoms with E-state index in [1.54, 1.807) is 0 Å². The molecule has 0 amide bonds. The van der Waals surface area contributed by atoms with E-state index in [1.165, 1.54) is 0 Å². The zero-order chi connectivity index (χ0) is 18.6. The van der Waals surface area contributed by atoms with E-state index < -0.39 is 75.6 Å². The molecular formula is C12H17Cl3F9N3Ti. The third kappa shape index (κ3) is 13.2. The van der Waals surface area contributed by atoms with Crippen LogP contribution in [0.2, 0.25) is 0 Å². The van der Waals surface area contributed by atoms with Gasteiger partial charge in [0.1, 0.15) is 12.1 Å². The first-order valence-corrected chi connectivity index (χ1v) is 7.15. The molecule has 0 bridgehead atoms. The van der Waals surface area contributed by atoms with Gasteiger partial charge in [-0.15, -0.1) is 6.54 Å². The van der Waals surface area contributed by atoms with Gasteiger partial charge in [0.25, 0.3) is 0 Å². The van der Waals surface area contributed by atoms with E-state index in [4.69, 9.17) is 0 Å². The zero-order valence-corrected chi connectivity index (χ0v) is 17.8. The molecule has 0 aromatic carbocycles. The largest absolute Gasteiger partial charge is 4.00 e. The van der Waals surface area contributed by atoms with Gasteiger partial charge in [-0.2, -0.15) is 39.5 Å². The molecule has 3 nitrogen and oxygen atoms in total. The van der Waals surface area contributed by atoms with E-state index in [0.29, 0.717) is 0 Å². The smallest absolute Gasteiger partial charge is 1.00 e. The summed E-state index contributed by atoms with van der Waals surface area (Å²) in [4.78, 5) is 0. The van der Waals surface area contributed by atoms with Gasteiger partial charge in [-0.05, 0) is 38.4 Å². The Hall–Kier alpha value is 0.834. The van der Waals surface area contributed by atoms with E-state index in [-0.39, 0.29) is 58.9 Å². The van der Waals surface area contributed by atoms with Crippen LogP contribution < -0.4 is 47.9 Å². The maximum Gasteiger partial charge on any atom is 4.00 e. The van der Waals surface area contributed by atoms with E-state index >= 15 is 0 Å². The fourth-order valence-corrected chi connectivity index (χ4v) is 2.28. The summed E-state index contributed by atoms with van der Waals surface area (Å²) in [6.45, 7) is -1.87. The van der Waals surface area contributed by atoms with Crippen LogP contribution in [-0.2, 0) is 21.7 Å². The summed E-state index contributed by atoms with van der Waals surface area (Å²) < 4.78 is 115. The first-order chi connectivity index (χ1) is 10.8. The molecular weight excluding hydrogens is 511 g/mol. The summed E-state index contributed by atoms with van der Waals surface area (Å²) in [6, 6.07) is -6.69. The number of nitrogens with zero attached hydrogens (tertiary/aromatic N) is 1. The SMILES string of the molecule is FC(F)(F)C1CCNC(C(F)(F)F)CCNC(C(F)(F)F)CC[N-]1.[Cl-].[Cl-].[Cl-].[Ti+4]. The van der Waals surface area contributed by atoms with Crippen molar-refractivity contribution in [2.45, 2.75) is 55.9 Å². The van der Waals surface area contributed by atoms with Crippen molar-refractivity contribution in [3.63, 3.8) is 0 Å². The van der Waals surface area contributed by atoms with Gasteiger partial charge in [0.2, 0.25) is 0 Å². The van der Waals surface area contributed by atoms with Crippen LogP contribution in [0.5, 0.6) is 0 Å². The van der Waals surface area contributed by atoms with Gasteiger partial charge in [0.15, 0.2) is 0 Å². The molecule has 0 aliphatic carbocycles. The van der Waals surface area contributed by atoms with Gasteiger partial charge in [-0.3, -0.25) is 0 Å². The normalized spacial score (nSPS) is 25.4. The fraction of sp³-hybridized carbons (Fsp3) is 1.00. The summed E-state index contributed by atoms with van der Waals surface area (Å²) in [5.41, 5.74) is 0. The van der Waals surface area contributed by atoms with E-state index in [2.05, 4.69) is 5.32 Å². The monoisotopic (exact) mass is 527 g/mol. The Kier molecular flexibility index (Phi) is 19.1. The molecule has 0 aromatic heterocycles. The summed E-state index contributed by atoms with van der Waals surface area (Å²) in [5.74, 6) is 0. The summed E-state index contributed by atoms with van der Waals surface area (Å²) in [5, 5.41) is 7.05. The average Bonchev–Trinajstić information content (AvgIpc) is 2.34. The Balaban J connectivity index is -0.000000720. The standard InChI is InChI=1S/C12H17F9N3.3ClH.Ti/c13-10(14,15)7-1-4-22-8(11(16,17)18)3-6-24-9(2-5-23-7)12(19,20)21;;;;/h7-9,22-23H,1-6H2;3*1H;/q-1;;;;+4/p-3. The molecule has 1 fully saturated rings. The van der Waals surface area contributed by atoms with Crippen molar-refractivity contribution in [2.24, 2.45) is 0 Å². The minimum Gasteiger partial charge on any atom is -1.00 e. The van der Waals surface area contributed by atoms with Crippen molar-refractivity contribution in [3.8, 4) is 0 Å². The molecule has 0 radical (unpaired) electrons. The fourth-order valence-electron chi connectivity index (χ4n) is 2.28. The van der Waals surface area contributed by atoms with Crippen molar-refractivity contribution in [1.82, 2.24) is 10.6 Å². The number of alkyl halides is 9. The number of halogens is 12. The summed E-state index contributed by atoms with van der Waals surface area (Å²) in [7, 11) is 0. The average molecular weight is 528 g/mol. The van der Waals surface area contributed by atoms with Gasteiger partial charge in [-0.25, -0.2) is 0 Å². The van der Waals surface area contributed by atoms with Gasteiger partial charge in [0, 0.05) is 0 Å². The molecule has 1 aliphatic heterocycles. The Morgan fingerprint density at radius 1 is 0.607 bits per heavy atom. The number of hydrogen-bond donors (Lipinski definition) is 2. The van der Waals surface area contributed by atoms with Crippen molar-refractivity contribution >= 4 is 0 Å². The maximum atomic E-state index is 12.8. The number of hydrogen-bond acceptors (Lipinski definition) is 2. The van der Waals surface area contributed by atoms with Gasteiger partial charge in [0.05, 0.1) is 0 Å². The number of rotatable bonds is 0. The maximum absolute atomic E-state index is 12.8. The molecule has 0 aromatic rings. The molecule has 168 valence electrons. The van der Waals surface area contributed by atoms with Crippen LogP contribution in [0.15, 0.2) is 0 Å². The van der Waals surface area contributed by atoms with Gasteiger partial charge >= 0.3 is 40.2 Å². The quantitative estimate of drug-likeness (QED) is 0.244. The summed E-state index contributed by atoms with van der Waals surface area (Å²) in [6.07, 6.45) is -16.6. The minimum absolute atomic E-state index is 0. The van der Waals surface area contributed by atoms with Crippen molar-refractivity contribution in [2.75, 3.05) is 19.6 Å². The molecule has 0 spiro atoms. The topological polar surface area (TPSA) is 38.2 Å². The van der Waals surface area contributed by atoms with Crippen LogP contribution >= 0.6 is 0 Å².